The summed E-state index contributed by atoms with van der Waals surface area (Å²) in [5.74, 6) is 0. The highest BCUT2D eigenvalue weighted by Crippen LogP contribution is 2.51. The molecule has 0 aliphatic carbocycles. The predicted molar refractivity (Wildman–Crippen MR) is 110 cm³/mol. The first-order chi connectivity index (χ1) is 12.3. The Morgan fingerprint density at radius 3 is 2.56 bits per heavy atom. The fourth-order valence-corrected chi connectivity index (χ4v) is 5.17. The third-order valence-electron chi connectivity index (χ3n) is 4.55. The lowest BCUT2D eigenvalue weighted by Crippen LogP contribution is -2.02. The van der Waals surface area contributed by atoms with E-state index in [9.17, 15) is 0 Å². The molecule has 0 spiro atoms. The number of nitrogens with one attached hydrogen (secondary N) is 2. The number of aromatic nitrogens is 1. The van der Waals surface area contributed by atoms with E-state index in [2.05, 4.69) is 99.0 Å². The number of benzene rings is 3. The minimum Gasteiger partial charge on any atom is -0.368 e. The van der Waals surface area contributed by atoms with E-state index in [4.69, 9.17) is 0 Å². The summed E-state index contributed by atoms with van der Waals surface area (Å²) in [6, 6.07) is 25.5. The van der Waals surface area contributed by atoms with Gasteiger partial charge in [-0.1, -0.05) is 76.2 Å². The summed E-state index contributed by atoms with van der Waals surface area (Å²) in [7, 11) is 0. The van der Waals surface area contributed by atoms with Crippen molar-refractivity contribution in [2.45, 2.75) is 10.3 Å². The molecule has 4 aromatic rings. The Labute approximate surface area is 158 Å². The van der Waals surface area contributed by atoms with E-state index >= 15 is 0 Å². The molecule has 0 radical (unpaired) electrons. The molecule has 0 bridgehead atoms. The molecule has 0 fully saturated rings. The van der Waals surface area contributed by atoms with Crippen LogP contribution in [0.2, 0.25) is 0 Å². The van der Waals surface area contributed by atoms with Gasteiger partial charge in [-0.05, 0) is 29.8 Å². The summed E-state index contributed by atoms with van der Waals surface area (Å²) in [6.45, 7) is 0. The van der Waals surface area contributed by atoms with Crippen molar-refractivity contribution >= 4 is 44.3 Å². The van der Waals surface area contributed by atoms with E-state index < -0.39 is 0 Å². The first kappa shape index (κ1) is 15.1. The van der Waals surface area contributed by atoms with E-state index in [1.807, 2.05) is 11.8 Å². The van der Waals surface area contributed by atoms with Crippen molar-refractivity contribution < 1.29 is 0 Å². The average molecular weight is 407 g/mol. The van der Waals surface area contributed by atoms with Crippen molar-refractivity contribution in [2.24, 2.45) is 0 Å². The number of halogens is 1. The number of thioether (sulfide) groups is 1. The molecule has 122 valence electrons. The zero-order chi connectivity index (χ0) is 16.8. The second-order valence-electron chi connectivity index (χ2n) is 6.11. The largest absolute Gasteiger partial charge is 0.368 e. The van der Waals surface area contributed by atoms with Gasteiger partial charge in [0.2, 0.25) is 0 Å². The van der Waals surface area contributed by atoms with Crippen LogP contribution in [0.25, 0.3) is 22.2 Å². The highest BCUT2D eigenvalue weighted by molar-refractivity contribution is 9.10. The molecule has 3 aromatic carbocycles. The number of hydrogen-bond acceptors (Lipinski definition) is 2. The Kier molecular flexibility index (Phi) is 3.61. The molecule has 1 atom stereocenters. The molecular weight excluding hydrogens is 392 g/mol. The van der Waals surface area contributed by atoms with Gasteiger partial charge in [0.1, 0.15) is 5.37 Å². The van der Waals surface area contributed by atoms with Gasteiger partial charge in [-0.15, -0.1) is 0 Å². The number of fused-ring (bicyclic) bond motifs is 2. The lowest BCUT2D eigenvalue weighted by Gasteiger charge is -2.13. The van der Waals surface area contributed by atoms with Gasteiger partial charge in [-0.2, -0.15) is 0 Å². The van der Waals surface area contributed by atoms with Crippen LogP contribution >= 0.6 is 27.7 Å². The molecule has 2 nitrogen and oxygen atoms in total. The second kappa shape index (κ2) is 5.97. The maximum atomic E-state index is 3.69. The normalized spacial score (nSPS) is 16.0. The van der Waals surface area contributed by atoms with Crippen molar-refractivity contribution in [1.82, 2.24) is 4.98 Å². The van der Waals surface area contributed by atoms with Gasteiger partial charge in [-0.3, -0.25) is 0 Å². The Bertz CT molecular complexity index is 1070. The molecule has 1 aliphatic rings. The third-order valence-corrected chi connectivity index (χ3v) is 6.22. The highest BCUT2D eigenvalue weighted by atomic mass is 79.9. The molecular formula is C21H15BrN2S. The third kappa shape index (κ3) is 2.57. The summed E-state index contributed by atoms with van der Waals surface area (Å²) < 4.78 is 1.11. The fourth-order valence-electron chi connectivity index (χ4n) is 3.41. The number of anilines is 1. The lowest BCUT2D eigenvalue weighted by atomic mass is 10.0. The van der Waals surface area contributed by atoms with Crippen LogP contribution in [0.1, 0.15) is 10.9 Å². The summed E-state index contributed by atoms with van der Waals surface area (Å²) >= 11 is 5.45. The molecule has 2 N–H and O–H groups in total. The van der Waals surface area contributed by atoms with Crippen molar-refractivity contribution in [1.29, 1.82) is 0 Å². The minimum atomic E-state index is 0.190. The van der Waals surface area contributed by atoms with Crippen LogP contribution in [0, 0.1) is 0 Å². The summed E-state index contributed by atoms with van der Waals surface area (Å²) in [5.41, 5.74) is 6.10. The van der Waals surface area contributed by atoms with Gasteiger partial charge in [0.25, 0.3) is 0 Å². The topological polar surface area (TPSA) is 27.8 Å². The zero-order valence-electron chi connectivity index (χ0n) is 13.3. The number of para-hydroxylation sites is 1. The van der Waals surface area contributed by atoms with Gasteiger partial charge >= 0.3 is 0 Å². The standard InChI is InChI=1S/C21H15BrN2S/c22-14-10-11-17-18(12-14)25-21(24-17)19-15-8-4-5-9-16(15)23-20(19)13-6-2-1-3-7-13/h1-12,21,23-24H. The smallest absolute Gasteiger partial charge is 0.105 e. The quantitative estimate of drug-likeness (QED) is 0.382. The Morgan fingerprint density at radius 1 is 0.880 bits per heavy atom. The van der Waals surface area contributed by atoms with E-state index in [-0.39, 0.29) is 5.37 Å². The maximum Gasteiger partial charge on any atom is 0.105 e. The Morgan fingerprint density at radius 2 is 1.68 bits per heavy atom. The van der Waals surface area contributed by atoms with Crippen molar-refractivity contribution in [3.8, 4) is 11.3 Å². The van der Waals surface area contributed by atoms with Crippen LogP contribution < -0.4 is 5.32 Å². The van der Waals surface area contributed by atoms with Crippen LogP contribution in [0.15, 0.2) is 82.2 Å². The molecule has 4 heteroatoms. The molecule has 0 saturated heterocycles. The molecule has 1 aromatic heterocycles. The summed E-state index contributed by atoms with van der Waals surface area (Å²) in [4.78, 5) is 4.91. The van der Waals surface area contributed by atoms with E-state index in [0.29, 0.717) is 0 Å². The van der Waals surface area contributed by atoms with Gasteiger partial charge in [0.15, 0.2) is 0 Å². The van der Waals surface area contributed by atoms with Crippen LogP contribution in [0.5, 0.6) is 0 Å². The van der Waals surface area contributed by atoms with Gasteiger partial charge in [0.05, 0.1) is 5.69 Å². The summed E-state index contributed by atoms with van der Waals surface area (Å²) in [5, 5.41) is 5.16. The fraction of sp³-hybridized carbons (Fsp3) is 0.0476. The Balaban J connectivity index is 1.68. The number of hydrogen-bond donors (Lipinski definition) is 2. The first-order valence-electron chi connectivity index (χ1n) is 8.18. The van der Waals surface area contributed by atoms with Gasteiger partial charge in [-0.25, -0.2) is 0 Å². The zero-order valence-corrected chi connectivity index (χ0v) is 15.7. The second-order valence-corrected chi connectivity index (χ2v) is 8.17. The van der Waals surface area contributed by atoms with Crippen molar-refractivity contribution in [3.63, 3.8) is 0 Å². The Hall–Kier alpha value is -2.17. The van der Waals surface area contributed by atoms with Crippen molar-refractivity contribution in [2.75, 3.05) is 5.32 Å². The van der Waals surface area contributed by atoms with Crippen LogP contribution in [0.3, 0.4) is 0 Å². The predicted octanol–water partition coefficient (Wildman–Crippen LogP) is 6.81. The molecule has 25 heavy (non-hydrogen) atoms. The summed E-state index contributed by atoms with van der Waals surface area (Å²) in [6.07, 6.45) is 0. The number of aromatic amines is 1. The molecule has 1 aliphatic heterocycles. The van der Waals surface area contributed by atoms with Crippen molar-refractivity contribution in [3.05, 3.63) is 82.8 Å². The van der Waals surface area contributed by atoms with Crippen LogP contribution in [-0.4, -0.2) is 4.98 Å². The van der Waals surface area contributed by atoms with E-state index in [1.54, 1.807) is 0 Å². The highest BCUT2D eigenvalue weighted by Gasteiger charge is 2.28. The van der Waals surface area contributed by atoms with Crippen LogP contribution in [0.4, 0.5) is 5.69 Å². The van der Waals surface area contributed by atoms with E-state index in [1.165, 1.54) is 38.3 Å². The van der Waals surface area contributed by atoms with Crippen LogP contribution in [-0.2, 0) is 0 Å². The van der Waals surface area contributed by atoms with Gasteiger partial charge < -0.3 is 10.3 Å². The maximum absolute atomic E-state index is 3.69. The molecule has 0 saturated carbocycles. The number of rotatable bonds is 2. The number of H-pyrrole nitrogens is 1. The molecule has 5 rings (SSSR count). The molecule has 0 amide bonds. The minimum absolute atomic E-state index is 0.190. The monoisotopic (exact) mass is 406 g/mol. The molecule has 1 unspecified atom stereocenters. The SMILES string of the molecule is Brc1ccc2c(c1)SC(c1c(-c3ccccc3)[nH]c3ccccc13)N2. The average Bonchev–Trinajstić information content (AvgIpc) is 3.22. The lowest BCUT2D eigenvalue weighted by molar-refractivity contribution is 1.15. The van der Waals surface area contributed by atoms with E-state index in [0.717, 1.165) is 4.47 Å². The van der Waals surface area contributed by atoms with Gasteiger partial charge in [0, 0.05) is 31.5 Å². The molecule has 2 heterocycles. The first-order valence-corrected chi connectivity index (χ1v) is 9.85.